The minimum atomic E-state index is -0.243. The van der Waals surface area contributed by atoms with Gasteiger partial charge in [-0.3, -0.25) is 4.68 Å². The average molecular weight is 377 g/mol. The van der Waals surface area contributed by atoms with Gasteiger partial charge in [0.1, 0.15) is 22.5 Å². The Morgan fingerprint density at radius 1 is 1.27 bits per heavy atom. The van der Waals surface area contributed by atoms with Gasteiger partial charge >= 0.3 is 0 Å². The second-order valence-electron chi connectivity index (χ2n) is 5.84. The molecule has 0 saturated carbocycles. The van der Waals surface area contributed by atoms with Crippen molar-refractivity contribution in [3.63, 3.8) is 0 Å². The maximum atomic E-state index is 9.62. The predicted octanol–water partition coefficient (Wildman–Crippen LogP) is 2.76. The molecule has 3 aromatic rings. The van der Waals surface area contributed by atoms with Crippen LogP contribution in [0.2, 0.25) is 5.28 Å². The first kappa shape index (κ1) is 18.5. The normalized spacial score (nSPS) is 11.3. The maximum absolute atomic E-state index is 9.62. The molecule has 0 atom stereocenters. The first-order chi connectivity index (χ1) is 12.5. The predicted molar refractivity (Wildman–Crippen MR) is 99.7 cm³/mol. The van der Waals surface area contributed by atoms with E-state index in [2.05, 4.69) is 25.4 Å². The molecule has 26 heavy (non-hydrogen) atoms. The Kier molecular flexibility index (Phi) is 5.65. The third-order valence-corrected chi connectivity index (χ3v) is 4.22. The highest BCUT2D eigenvalue weighted by molar-refractivity contribution is 6.28. The quantitative estimate of drug-likeness (QED) is 0.483. The van der Waals surface area contributed by atoms with Crippen molar-refractivity contribution >= 4 is 34.3 Å². The zero-order valence-electron chi connectivity index (χ0n) is 15.0. The molecule has 2 N–H and O–H groups in total. The molecule has 0 aliphatic rings. The first-order valence-electron chi connectivity index (χ1n) is 8.35. The number of halogens is 1. The van der Waals surface area contributed by atoms with E-state index in [-0.39, 0.29) is 11.9 Å². The van der Waals surface area contributed by atoms with E-state index in [9.17, 15) is 5.11 Å². The maximum Gasteiger partial charge on any atom is 0.225 e. The number of pyridine rings is 1. The molecule has 3 heterocycles. The number of ether oxygens (including phenoxy) is 1. The lowest BCUT2D eigenvalue weighted by Gasteiger charge is -2.10. The van der Waals surface area contributed by atoms with Crippen LogP contribution in [0.15, 0.2) is 12.3 Å². The molecule has 0 unspecified atom stereocenters. The molecule has 3 rings (SSSR count). The van der Waals surface area contributed by atoms with E-state index in [1.54, 1.807) is 10.9 Å². The number of hydrogen-bond acceptors (Lipinski definition) is 7. The van der Waals surface area contributed by atoms with Crippen molar-refractivity contribution in [2.75, 3.05) is 18.5 Å². The van der Waals surface area contributed by atoms with Crippen molar-refractivity contribution in [2.45, 2.75) is 33.9 Å². The summed E-state index contributed by atoms with van der Waals surface area (Å²) in [6, 6.07) is 1.94. The number of aliphatic hydroxyl groups excluding tert-OH is 1. The summed E-state index contributed by atoms with van der Waals surface area (Å²) in [5, 5.41) is 17.3. The smallest absolute Gasteiger partial charge is 0.225 e. The Bertz CT molecular complexity index is 927. The summed E-state index contributed by atoms with van der Waals surface area (Å²) in [6.45, 7) is 7.32. The van der Waals surface area contributed by atoms with Gasteiger partial charge in [-0.15, -0.1) is 0 Å². The summed E-state index contributed by atoms with van der Waals surface area (Å²) in [5.41, 5.74) is 3.82. The highest BCUT2D eigenvalue weighted by atomic mass is 35.5. The lowest BCUT2D eigenvalue weighted by atomic mass is 10.2. The number of fused-ring (bicyclic) bond motifs is 1. The summed E-state index contributed by atoms with van der Waals surface area (Å²) >= 11 is 6.09. The van der Waals surface area contributed by atoms with Crippen LogP contribution < -0.4 is 5.32 Å². The van der Waals surface area contributed by atoms with Crippen LogP contribution in [0, 0.1) is 13.8 Å². The fourth-order valence-electron chi connectivity index (χ4n) is 2.58. The molecule has 9 heteroatoms. The molecule has 0 aromatic carbocycles. The second kappa shape index (κ2) is 7.94. The van der Waals surface area contributed by atoms with Crippen molar-refractivity contribution in [1.82, 2.24) is 24.7 Å². The van der Waals surface area contributed by atoms with Gasteiger partial charge in [0.25, 0.3) is 0 Å². The number of aromatic nitrogens is 5. The number of nitrogens with one attached hydrogen (secondary N) is 1. The highest BCUT2D eigenvalue weighted by Crippen LogP contribution is 2.27. The monoisotopic (exact) mass is 376 g/mol. The highest BCUT2D eigenvalue weighted by Gasteiger charge is 2.18. The van der Waals surface area contributed by atoms with E-state index in [0.29, 0.717) is 48.1 Å². The zero-order valence-corrected chi connectivity index (χ0v) is 15.7. The number of aliphatic hydroxyl groups is 1. The van der Waals surface area contributed by atoms with E-state index in [0.717, 1.165) is 11.1 Å². The number of anilines is 2. The van der Waals surface area contributed by atoms with Crippen molar-refractivity contribution in [3.8, 4) is 0 Å². The Balaban J connectivity index is 2.07. The molecular weight excluding hydrogens is 356 g/mol. The zero-order chi connectivity index (χ0) is 18.7. The van der Waals surface area contributed by atoms with E-state index in [1.165, 1.54) is 0 Å². The standard InChI is InChI=1S/C17H21ClN6O2/c1-4-26-6-5-24-15-14(12(9-25)23-24)21-17(18)22-16(15)20-13-7-10(2)11(3)8-19-13/h7-8,25H,4-6,9H2,1-3H3,(H,19,20,21,22). The van der Waals surface area contributed by atoms with Crippen LogP contribution in [0.5, 0.6) is 0 Å². The molecule has 0 fully saturated rings. The fourth-order valence-corrected chi connectivity index (χ4v) is 2.75. The number of aryl methyl sites for hydroxylation is 2. The molecule has 0 aliphatic carbocycles. The molecule has 0 amide bonds. The van der Waals surface area contributed by atoms with Crippen molar-refractivity contribution in [2.24, 2.45) is 0 Å². The first-order valence-corrected chi connectivity index (χ1v) is 8.73. The van der Waals surface area contributed by atoms with E-state index in [4.69, 9.17) is 16.3 Å². The Morgan fingerprint density at radius 3 is 2.77 bits per heavy atom. The van der Waals surface area contributed by atoms with Crippen molar-refractivity contribution < 1.29 is 9.84 Å². The lowest BCUT2D eigenvalue weighted by Crippen LogP contribution is -2.09. The fraction of sp³-hybridized carbons (Fsp3) is 0.412. The van der Waals surface area contributed by atoms with Gasteiger partial charge in [0.2, 0.25) is 5.28 Å². The van der Waals surface area contributed by atoms with Gasteiger partial charge in [0.05, 0.1) is 19.8 Å². The Morgan fingerprint density at radius 2 is 2.08 bits per heavy atom. The molecule has 0 bridgehead atoms. The molecule has 0 spiro atoms. The molecule has 0 aliphatic heterocycles. The topological polar surface area (TPSA) is 98.0 Å². The minimum Gasteiger partial charge on any atom is -0.390 e. The molecule has 0 radical (unpaired) electrons. The summed E-state index contributed by atoms with van der Waals surface area (Å²) in [6.07, 6.45) is 1.79. The average Bonchev–Trinajstić information content (AvgIpc) is 2.96. The Hall–Kier alpha value is -2.29. The number of nitrogens with zero attached hydrogens (tertiary/aromatic N) is 5. The van der Waals surface area contributed by atoms with E-state index < -0.39 is 0 Å². The van der Waals surface area contributed by atoms with Crippen LogP contribution in [0.25, 0.3) is 11.0 Å². The SMILES string of the molecule is CCOCCn1nc(CO)c2nc(Cl)nc(Nc3cc(C)c(C)cn3)c21. The summed E-state index contributed by atoms with van der Waals surface area (Å²) < 4.78 is 7.14. The van der Waals surface area contributed by atoms with Crippen LogP contribution in [-0.4, -0.2) is 43.1 Å². The van der Waals surface area contributed by atoms with Gasteiger partial charge in [-0.25, -0.2) is 9.97 Å². The number of hydrogen-bond donors (Lipinski definition) is 2. The molecule has 138 valence electrons. The third-order valence-electron chi connectivity index (χ3n) is 4.05. The second-order valence-corrected chi connectivity index (χ2v) is 6.18. The summed E-state index contributed by atoms with van der Waals surface area (Å²) in [4.78, 5) is 12.9. The minimum absolute atomic E-state index is 0.0721. The largest absolute Gasteiger partial charge is 0.390 e. The summed E-state index contributed by atoms with van der Waals surface area (Å²) in [7, 11) is 0. The van der Waals surface area contributed by atoms with E-state index in [1.807, 2.05) is 26.8 Å². The van der Waals surface area contributed by atoms with Gasteiger partial charge < -0.3 is 15.2 Å². The van der Waals surface area contributed by atoms with Gasteiger partial charge in [0.15, 0.2) is 5.82 Å². The van der Waals surface area contributed by atoms with Crippen molar-refractivity contribution in [1.29, 1.82) is 0 Å². The van der Waals surface area contributed by atoms with Gasteiger partial charge in [-0.2, -0.15) is 10.1 Å². The molecule has 3 aromatic heterocycles. The number of rotatable bonds is 7. The van der Waals surface area contributed by atoms with Crippen LogP contribution >= 0.6 is 11.6 Å². The van der Waals surface area contributed by atoms with E-state index >= 15 is 0 Å². The van der Waals surface area contributed by atoms with Crippen LogP contribution in [-0.2, 0) is 17.9 Å². The van der Waals surface area contributed by atoms with Gasteiger partial charge in [-0.1, -0.05) is 0 Å². The lowest BCUT2D eigenvalue weighted by molar-refractivity contribution is 0.137. The molecule has 8 nitrogen and oxygen atoms in total. The van der Waals surface area contributed by atoms with Crippen LogP contribution in [0.4, 0.5) is 11.6 Å². The van der Waals surface area contributed by atoms with Crippen LogP contribution in [0.3, 0.4) is 0 Å². The molecular formula is C17H21ClN6O2. The van der Waals surface area contributed by atoms with Crippen LogP contribution in [0.1, 0.15) is 23.7 Å². The third kappa shape index (κ3) is 3.77. The van der Waals surface area contributed by atoms with Gasteiger partial charge in [0, 0.05) is 12.8 Å². The van der Waals surface area contributed by atoms with Gasteiger partial charge in [-0.05, 0) is 49.6 Å². The Labute approximate surface area is 156 Å². The van der Waals surface area contributed by atoms with Crippen molar-refractivity contribution in [3.05, 3.63) is 34.4 Å². The summed E-state index contributed by atoms with van der Waals surface area (Å²) in [5.74, 6) is 1.13. The molecule has 0 saturated heterocycles.